The van der Waals surface area contributed by atoms with Crippen LogP contribution in [-0.4, -0.2) is 49.5 Å². The predicted molar refractivity (Wildman–Crippen MR) is 87.4 cm³/mol. The maximum Gasteiger partial charge on any atom is 0.141 e. The maximum absolute atomic E-state index is 5.49. The highest BCUT2D eigenvalue weighted by Crippen LogP contribution is 2.27. The quantitative estimate of drug-likeness (QED) is 0.667. The Hall–Kier alpha value is -1.24. The molecular weight excluding hydrogens is 286 g/mol. The van der Waals surface area contributed by atoms with E-state index in [4.69, 9.17) is 9.47 Å². The first-order valence-corrected chi connectivity index (χ1v) is 8.26. The highest BCUT2D eigenvalue weighted by atomic mass is 32.1. The molecule has 0 aliphatic rings. The molecule has 0 spiro atoms. The minimum atomic E-state index is 0.692. The van der Waals surface area contributed by atoms with E-state index in [1.54, 1.807) is 11.3 Å². The number of hydrogen-bond acceptors (Lipinski definition) is 6. The van der Waals surface area contributed by atoms with E-state index in [0.717, 1.165) is 48.2 Å². The van der Waals surface area contributed by atoms with E-state index >= 15 is 0 Å². The van der Waals surface area contributed by atoms with Crippen molar-refractivity contribution in [1.29, 1.82) is 0 Å². The third-order valence-electron chi connectivity index (χ3n) is 3.14. The standard InChI is InChI=1S/C15H23N3O2S/c1-4-19-9-7-18(8-10-20-5-2)14-13-6-11-21-15(13)17-12(3)16-14/h6,11H,4-5,7-10H2,1-3H3. The summed E-state index contributed by atoms with van der Waals surface area (Å²) in [5.74, 6) is 1.79. The lowest BCUT2D eigenvalue weighted by atomic mass is 10.3. The number of ether oxygens (including phenoxy) is 2. The van der Waals surface area contributed by atoms with Crippen LogP contribution in [0.4, 0.5) is 5.82 Å². The molecule has 0 fully saturated rings. The third-order valence-corrected chi connectivity index (χ3v) is 3.94. The minimum Gasteiger partial charge on any atom is -0.380 e. The monoisotopic (exact) mass is 309 g/mol. The molecule has 2 heterocycles. The smallest absolute Gasteiger partial charge is 0.141 e. The summed E-state index contributed by atoms with van der Waals surface area (Å²) in [6.45, 7) is 10.4. The van der Waals surface area contributed by atoms with Crippen LogP contribution in [0.3, 0.4) is 0 Å². The van der Waals surface area contributed by atoms with Crippen LogP contribution in [0.1, 0.15) is 19.7 Å². The van der Waals surface area contributed by atoms with Crippen LogP contribution in [0.5, 0.6) is 0 Å². The van der Waals surface area contributed by atoms with Crippen LogP contribution in [0, 0.1) is 6.92 Å². The molecule has 0 amide bonds. The van der Waals surface area contributed by atoms with E-state index in [2.05, 4.69) is 26.3 Å². The highest BCUT2D eigenvalue weighted by Gasteiger charge is 2.14. The number of aryl methyl sites for hydroxylation is 1. The van der Waals surface area contributed by atoms with Gasteiger partial charge in [-0.3, -0.25) is 0 Å². The molecule has 0 N–H and O–H groups in total. The number of nitrogens with zero attached hydrogens (tertiary/aromatic N) is 3. The van der Waals surface area contributed by atoms with Crippen molar-refractivity contribution in [3.8, 4) is 0 Å². The zero-order chi connectivity index (χ0) is 15.1. The molecule has 0 unspecified atom stereocenters. The zero-order valence-electron chi connectivity index (χ0n) is 13.0. The number of aromatic nitrogens is 2. The molecule has 116 valence electrons. The second-order valence-electron chi connectivity index (χ2n) is 4.61. The number of rotatable bonds is 9. The average molecular weight is 309 g/mol. The molecular formula is C15H23N3O2S. The molecule has 21 heavy (non-hydrogen) atoms. The molecule has 0 aliphatic heterocycles. The Bertz CT molecular complexity index is 549. The summed E-state index contributed by atoms with van der Waals surface area (Å²) in [4.78, 5) is 12.4. The lowest BCUT2D eigenvalue weighted by Crippen LogP contribution is -2.32. The Morgan fingerprint density at radius 1 is 1.10 bits per heavy atom. The van der Waals surface area contributed by atoms with Gasteiger partial charge in [0.2, 0.25) is 0 Å². The van der Waals surface area contributed by atoms with Gasteiger partial charge in [0, 0.05) is 26.3 Å². The number of anilines is 1. The van der Waals surface area contributed by atoms with E-state index < -0.39 is 0 Å². The number of thiophene rings is 1. The van der Waals surface area contributed by atoms with E-state index in [9.17, 15) is 0 Å². The van der Waals surface area contributed by atoms with Crippen LogP contribution in [-0.2, 0) is 9.47 Å². The van der Waals surface area contributed by atoms with Crippen molar-refractivity contribution in [2.24, 2.45) is 0 Å². The van der Waals surface area contributed by atoms with Gasteiger partial charge >= 0.3 is 0 Å². The molecule has 2 rings (SSSR count). The summed E-state index contributed by atoms with van der Waals surface area (Å²) in [6, 6.07) is 2.09. The van der Waals surface area contributed by atoms with E-state index in [0.29, 0.717) is 13.2 Å². The Morgan fingerprint density at radius 3 is 2.38 bits per heavy atom. The van der Waals surface area contributed by atoms with Crippen molar-refractivity contribution in [2.75, 3.05) is 44.4 Å². The highest BCUT2D eigenvalue weighted by molar-refractivity contribution is 7.16. The maximum atomic E-state index is 5.49. The van der Waals surface area contributed by atoms with E-state index in [1.165, 1.54) is 0 Å². The normalized spacial score (nSPS) is 11.2. The largest absolute Gasteiger partial charge is 0.380 e. The van der Waals surface area contributed by atoms with Crippen molar-refractivity contribution in [3.63, 3.8) is 0 Å². The first-order chi connectivity index (χ1) is 10.3. The Balaban J connectivity index is 2.21. The van der Waals surface area contributed by atoms with Crippen LogP contribution < -0.4 is 4.90 Å². The predicted octanol–water partition coefficient (Wildman–Crippen LogP) is 2.88. The zero-order valence-corrected chi connectivity index (χ0v) is 13.8. The van der Waals surface area contributed by atoms with Gasteiger partial charge in [0.15, 0.2) is 0 Å². The SMILES string of the molecule is CCOCCN(CCOCC)c1nc(C)nc2sccc12. The molecule has 0 atom stereocenters. The van der Waals surface area contributed by atoms with Gasteiger partial charge in [-0.25, -0.2) is 9.97 Å². The van der Waals surface area contributed by atoms with Crippen molar-refractivity contribution in [3.05, 3.63) is 17.3 Å². The molecule has 0 saturated carbocycles. The Morgan fingerprint density at radius 2 is 1.76 bits per heavy atom. The minimum absolute atomic E-state index is 0.692. The fraction of sp³-hybridized carbons (Fsp3) is 0.600. The van der Waals surface area contributed by atoms with Gasteiger partial charge in [-0.05, 0) is 32.2 Å². The number of fused-ring (bicyclic) bond motifs is 1. The topological polar surface area (TPSA) is 47.5 Å². The van der Waals surface area contributed by atoms with Crippen LogP contribution in [0.15, 0.2) is 11.4 Å². The van der Waals surface area contributed by atoms with Crippen molar-refractivity contribution in [1.82, 2.24) is 9.97 Å². The van der Waals surface area contributed by atoms with Crippen LogP contribution in [0.25, 0.3) is 10.2 Å². The average Bonchev–Trinajstić information content (AvgIpc) is 2.93. The first kappa shape index (κ1) is 16.1. The lowest BCUT2D eigenvalue weighted by Gasteiger charge is -2.24. The van der Waals surface area contributed by atoms with Gasteiger partial charge in [-0.15, -0.1) is 11.3 Å². The summed E-state index contributed by atoms with van der Waals surface area (Å²) in [7, 11) is 0. The Kier molecular flexibility index (Phi) is 6.35. The fourth-order valence-electron chi connectivity index (χ4n) is 2.15. The third kappa shape index (κ3) is 4.36. The van der Waals surface area contributed by atoms with Crippen molar-refractivity contribution < 1.29 is 9.47 Å². The van der Waals surface area contributed by atoms with E-state index in [-0.39, 0.29) is 0 Å². The molecule has 0 aliphatic carbocycles. The molecule has 6 heteroatoms. The summed E-state index contributed by atoms with van der Waals surface area (Å²) >= 11 is 1.65. The Labute approximate surface area is 129 Å². The van der Waals surface area contributed by atoms with Crippen LogP contribution >= 0.6 is 11.3 Å². The molecule has 0 radical (unpaired) electrons. The molecule has 5 nitrogen and oxygen atoms in total. The van der Waals surface area contributed by atoms with Gasteiger partial charge in [0.05, 0.1) is 18.6 Å². The fourth-order valence-corrected chi connectivity index (χ4v) is 2.95. The van der Waals surface area contributed by atoms with E-state index in [1.807, 2.05) is 20.8 Å². The second-order valence-corrected chi connectivity index (χ2v) is 5.51. The molecule has 0 saturated heterocycles. The summed E-state index contributed by atoms with van der Waals surface area (Å²) in [5, 5.41) is 3.17. The lowest BCUT2D eigenvalue weighted by molar-refractivity contribution is 0.141. The summed E-state index contributed by atoms with van der Waals surface area (Å²) < 4.78 is 11.0. The van der Waals surface area contributed by atoms with Crippen LogP contribution in [0.2, 0.25) is 0 Å². The van der Waals surface area contributed by atoms with Crippen molar-refractivity contribution >= 4 is 27.4 Å². The van der Waals surface area contributed by atoms with Crippen molar-refractivity contribution in [2.45, 2.75) is 20.8 Å². The van der Waals surface area contributed by atoms with Gasteiger partial charge in [0.25, 0.3) is 0 Å². The summed E-state index contributed by atoms with van der Waals surface area (Å²) in [6.07, 6.45) is 0. The van der Waals surface area contributed by atoms with Gasteiger partial charge in [-0.2, -0.15) is 0 Å². The molecule has 0 aromatic carbocycles. The van der Waals surface area contributed by atoms with Gasteiger partial charge in [0.1, 0.15) is 16.5 Å². The molecule has 2 aromatic rings. The van der Waals surface area contributed by atoms with Gasteiger partial charge < -0.3 is 14.4 Å². The second kappa shape index (κ2) is 8.26. The summed E-state index contributed by atoms with van der Waals surface area (Å²) in [5.41, 5.74) is 0. The van der Waals surface area contributed by atoms with Gasteiger partial charge in [-0.1, -0.05) is 0 Å². The molecule has 0 bridgehead atoms. The first-order valence-electron chi connectivity index (χ1n) is 7.38. The number of hydrogen-bond donors (Lipinski definition) is 0. The molecule has 2 aromatic heterocycles.